The Hall–Kier alpha value is -1.56. The van der Waals surface area contributed by atoms with Crippen molar-refractivity contribution in [1.29, 1.82) is 0 Å². The zero-order chi connectivity index (χ0) is 13.6. The van der Waals surface area contributed by atoms with Crippen LogP contribution in [0, 0.1) is 19.3 Å². The molecule has 0 saturated carbocycles. The van der Waals surface area contributed by atoms with Gasteiger partial charge in [-0.05, 0) is 54.4 Å². The second-order valence-electron chi connectivity index (χ2n) is 6.67. The summed E-state index contributed by atoms with van der Waals surface area (Å²) < 4.78 is 0. The number of hydrogen-bond acceptors (Lipinski definition) is 0. The highest BCUT2D eigenvalue weighted by molar-refractivity contribution is 5.86. The molecule has 19 heavy (non-hydrogen) atoms. The molecule has 3 rings (SSSR count). The summed E-state index contributed by atoms with van der Waals surface area (Å²) in [7, 11) is 0. The van der Waals surface area contributed by atoms with Gasteiger partial charge < -0.3 is 0 Å². The van der Waals surface area contributed by atoms with Crippen LogP contribution in [0.25, 0.3) is 5.57 Å². The van der Waals surface area contributed by atoms with E-state index in [0.717, 1.165) is 6.42 Å². The Morgan fingerprint density at radius 1 is 1.11 bits per heavy atom. The minimum absolute atomic E-state index is 0.274. The SMILES string of the molecule is Cc1ccc(C)c(C2=CC(C)(C)CC3=C2C=CC3)c1. The molecule has 1 aromatic rings. The molecule has 0 heterocycles. The van der Waals surface area contributed by atoms with Gasteiger partial charge >= 0.3 is 0 Å². The largest absolute Gasteiger partial charge is 0.0798 e. The molecule has 2 aliphatic carbocycles. The van der Waals surface area contributed by atoms with E-state index in [2.05, 4.69) is 64.1 Å². The topological polar surface area (TPSA) is 0 Å². The number of hydrogen-bond donors (Lipinski definition) is 0. The van der Waals surface area contributed by atoms with Crippen LogP contribution in [-0.4, -0.2) is 0 Å². The van der Waals surface area contributed by atoms with Crippen LogP contribution in [0.2, 0.25) is 0 Å². The first kappa shape index (κ1) is 12.5. The molecule has 0 spiro atoms. The highest BCUT2D eigenvalue weighted by Gasteiger charge is 2.28. The van der Waals surface area contributed by atoms with Gasteiger partial charge in [0.25, 0.3) is 0 Å². The summed E-state index contributed by atoms with van der Waals surface area (Å²) in [5.41, 5.74) is 8.94. The van der Waals surface area contributed by atoms with Crippen LogP contribution in [0.5, 0.6) is 0 Å². The second kappa shape index (κ2) is 4.23. The summed E-state index contributed by atoms with van der Waals surface area (Å²) in [4.78, 5) is 0. The van der Waals surface area contributed by atoms with Gasteiger partial charge in [0.1, 0.15) is 0 Å². The lowest BCUT2D eigenvalue weighted by molar-refractivity contribution is 0.468. The summed E-state index contributed by atoms with van der Waals surface area (Å²) in [6.07, 6.45) is 9.44. The minimum Gasteiger partial charge on any atom is -0.0798 e. The zero-order valence-corrected chi connectivity index (χ0v) is 12.4. The molecule has 0 saturated heterocycles. The summed E-state index contributed by atoms with van der Waals surface area (Å²) in [5.74, 6) is 0. The van der Waals surface area contributed by atoms with E-state index >= 15 is 0 Å². The highest BCUT2D eigenvalue weighted by Crippen LogP contribution is 2.45. The van der Waals surface area contributed by atoms with Gasteiger partial charge in [-0.1, -0.05) is 61.4 Å². The van der Waals surface area contributed by atoms with E-state index in [4.69, 9.17) is 0 Å². The lowest BCUT2D eigenvalue weighted by atomic mass is 9.74. The summed E-state index contributed by atoms with van der Waals surface area (Å²) in [5, 5.41) is 0. The standard InChI is InChI=1S/C19H22/c1-13-8-9-14(2)17(10-13)18-12-19(3,4)11-15-6-5-7-16(15)18/h5,7-10,12H,6,11H2,1-4H3. The van der Waals surface area contributed by atoms with E-state index in [9.17, 15) is 0 Å². The molecule has 0 unspecified atom stereocenters. The Morgan fingerprint density at radius 2 is 1.89 bits per heavy atom. The van der Waals surface area contributed by atoms with Crippen molar-refractivity contribution >= 4 is 5.57 Å². The summed E-state index contributed by atoms with van der Waals surface area (Å²) in [6, 6.07) is 6.78. The van der Waals surface area contributed by atoms with E-state index < -0.39 is 0 Å². The smallest absolute Gasteiger partial charge is 0.0126 e. The lowest BCUT2D eigenvalue weighted by Crippen LogP contribution is -2.15. The van der Waals surface area contributed by atoms with Gasteiger partial charge in [-0.3, -0.25) is 0 Å². The van der Waals surface area contributed by atoms with Crippen LogP contribution in [0.4, 0.5) is 0 Å². The molecule has 2 aliphatic rings. The summed E-state index contributed by atoms with van der Waals surface area (Å²) >= 11 is 0. The van der Waals surface area contributed by atoms with Gasteiger partial charge in [0.05, 0.1) is 0 Å². The zero-order valence-electron chi connectivity index (χ0n) is 12.4. The van der Waals surface area contributed by atoms with Crippen molar-refractivity contribution in [1.82, 2.24) is 0 Å². The van der Waals surface area contributed by atoms with Crippen molar-refractivity contribution < 1.29 is 0 Å². The van der Waals surface area contributed by atoms with Gasteiger partial charge in [0, 0.05) is 0 Å². The Labute approximate surface area is 116 Å². The molecule has 0 aromatic heterocycles. The maximum absolute atomic E-state index is 2.48. The molecule has 0 N–H and O–H groups in total. The van der Waals surface area contributed by atoms with E-state index in [0.29, 0.717) is 0 Å². The van der Waals surface area contributed by atoms with Crippen LogP contribution in [0.3, 0.4) is 0 Å². The first-order chi connectivity index (χ1) is 8.96. The van der Waals surface area contributed by atoms with Crippen molar-refractivity contribution in [3.05, 3.63) is 64.3 Å². The normalized spacial score (nSPS) is 20.5. The molecule has 0 nitrogen and oxygen atoms in total. The predicted molar refractivity (Wildman–Crippen MR) is 83.1 cm³/mol. The fraction of sp³-hybridized carbons (Fsp3) is 0.368. The van der Waals surface area contributed by atoms with Crippen molar-refractivity contribution in [3.8, 4) is 0 Å². The first-order valence-corrected chi connectivity index (χ1v) is 7.16. The van der Waals surface area contributed by atoms with E-state index in [1.807, 2.05) is 0 Å². The average molecular weight is 250 g/mol. The molecule has 0 amide bonds. The molecule has 0 atom stereocenters. The second-order valence-corrected chi connectivity index (χ2v) is 6.67. The van der Waals surface area contributed by atoms with Crippen molar-refractivity contribution in [2.45, 2.75) is 40.5 Å². The fourth-order valence-electron chi connectivity index (χ4n) is 3.31. The molecule has 0 bridgehead atoms. The Bertz CT molecular complexity index is 621. The molecule has 98 valence electrons. The molecule has 0 radical (unpaired) electrons. The highest BCUT2D eigenvalue weighted by atomic mass is 14.3. The quantitative estimate of drug-likeness (QED) is 0.628. The Kier molecular flexibility index (Phi) is 2.78. The van der Waals surface area contributed by atoms with Gasteiger partial charge in [-0.2, -0.15) is 0 Å². The third-order valence-electron chi connectivity index (χ3n) is 4.21. The number of allylic oxidation sites excluding steroid dienone is 6. The maximum Gasteiger partial charge on any atom is -0.0126 e. The van der Waals surface area contributed by atoms with E-state index in [-0.39, 0.29) is 5.41 Å². The van der Waals surface area contributed by atoms with Gasteiger partial charge in [0.2, 0.25) is 0 Å². The molecule has 0 fully saturated rings. The van der Waals surface area contributed by atoms with Crippen molar-refractivity contribution in [3.63, 3.8) is 0 Å². The summed E-state index contributed by atoms with van der Waals surface area (Å²) in [6.45, 7) is 9.09. The number of rotatable bonds is 1. The Balaban J connectivity index is 2.18. The lowest BCUT2D eigenvalue weighted by Gasteiger charge is -2.30. The fourth-order valence-corrected chi connectivity index (χ4v) is 3.31. The Morgan fingerprint density at radius 3 is 2.68 bits per heavy atom. The molecule has 1 aromatic carbocycles. The van der Waals surface area contributed by atoms with Crippen LogP contribution in [0.1, 0.15) is 43.4 Å². The van der Waals surface area contributed by atoms with Gasteiger partial charge in [0.15, 0.2) is 0 Å². The minimum atomic E-state index is 0.274. The van der Waals surface area contributed by atoms with Crippen LogP contribution in [0.15, 0.2) is 47.6 Å². The van der Waals surface area contributed by atoms with Crippen LogP contribution < -0.4 is 0 Å². The molecule has 0 heteroatoms. The monoisotopic (exact) mass is 250 g/mol. The van der Waals surface area contributed by atoms with E-state index in [1.54, 1.807) is 5.57 Å². The van der Waals surface area contributed by atoms with Crippen molar-refractivity contribution in [2.24, 2.45) is 5.41 Å². The number of aryl methyl sites for hydroxylation is 2. The molecular formula is C19H22. The van der Waals surface area contributed by atoms with Crippen molar-refractivity contribution in [2.75, 3.05) is 0 Å². The van der Waals surface area contributed by atoms with Crippen LogP contribution >= 0.6 is 0 Å². The predicted octanol–water partition coefficient (Wildman–Crippen LogP) is 5.37. The molecule has 0 aliphatic heterocycles. The average Bonchev–Trinajstić information content (AvgIpc) is 2.77. The van der Waals surface area contributed by atoms with Gasteiger partial charge in [-0.25, -0.2) is 0 Å². The van der Waals surface area contributed by atoms with Crippen LogP contribution in [-0.2, 0) is 0 Å². The van der Waals surface area contributed by atoms with Gasteiger partial charge in [-0.15, -0.1) is 0 Å². The third kappa shape index (κ3) is 2.20. The third-order valence-corrected chi connectivity index (χ3v) is 4.21. The first-order valence-electron chi connectivity index (χ1n) is 7.16. The number of benzene rings is 1. The molecular weight excluding hydrogens is 228 g/mol. The maximum atomic E-state index is 2.48. The van der Waals surface area contributed by atoms with E-state index in [1.165, 1.54) is 34.3 Å².